The van der Waals surface area contributed by atoms with Crippen molar-refractivity contribution in [2.24, 2.45) is 0 Å². The Bertz CT molecular complexity index is 771. The summed E-state index contributed by atoms with van der Waals surface area (Å²) in [5.74, 6) is 0.676. The lowest BCUT2D eigenvalue weighted by Gasteiger charge is -2.05. The van der Waals surface area contributed by atoms with Gasteiger partial charge in [0.05, 0.1) is 4.91 Å². The van der Waals surface area contributed by atoms with Gasteiger partial charge in [-0.25, -0.2) is 0 Å². The van der Waals surface area contributed by atoms with Crippen molar-refractivity contribution in [1.29, 1.82) is 10.5 Å². The number of nitrogens with zero attached hydrogens (tertiary/aromatic N) is 2. The van der Waals surface area contributed by atoms with Crippen molar-refractivity contribution in [2.45, 2.75) is 0 Å². The molecule has 2 aromatic carbocycles. The van der Waals surface area contributed by atoms with Crippen LogP contribution in [0.3, 0.4) is 0 Å². The molecule has 3 nitrogen and oxygen atoms in total. The minimum Gasteiger partial charge on any atom is -0.446 e. The van der Waals surface area contributed by atoms with Gasteiger partial charge in [-0.2, -0.15) is 10.5 Å². The van der Waals surface area contributed by atoms with Crippen LogP contribution in [0.4, 0.5) is 0 Å². The normalized spacial score (nSPS) is 13.3. The van der Waals surface area contributed by atoms with Crippen molar-refractivity contribution < 1.29 is 4.74 Å². The van der Waals surface area contributed by atoms with E-state index in [0.717, 1.165) is 16.0 Å². The quantitative estimate of drug-likeness (QED) is 0.764. The molecule has 0 saturated heterocycles. The van der Waals surface area contributed by atoms with Crippen LogP contribution in [-0.2, 0) is 4.74 Å². The molecule has 0 atom stereocenters. The first-order chi connectivity index (χ1) is 10.8. The Kier molecular flexibility index (Phi) is 3.96. The third-order valence-corrected chi connectivity index (χ3v) is 4.19. The van der Waals surface area contributed by atoms with Gasteiger partial charge in [-0.15, -0.1) is 0 Å². The van der Waals surface area contributed by atoms with Crippen molar-refractivity contribution in [3.63, 3.8) is 0 Å². The van der Waals surface area contributed by atoms with Gasteiger partial charge in [-0.3, -0.25) is 0 Å². The molecular weight excluding hydrogens is 292 g/mol. The molecule has 0 amide bonds. The summed E-state index contributed by atoms with van der Waals surface area (Å²) in [5.41, 5.74) is 1.90. The molecule has 1 aliphatic heterocycles. The molecule has 4 heteroatoms. The van der Waals surface area contributed by atoms with E-state index in [9.17, 15) is 0 Å². The van der Waals surface area contributed by atoms with E-state index in [0.29, 0.717) is 10.9 Å². The van der Waals surface area contributed by atoms with Crippen LogP contribution in [0.1, 0.15) is 11.1 Å². The Balaban J connectivity index is 2.14. The van der Waals surface area contributed by atoms with Crippen molar-refractivity contribution in [3.8, 4) is 12.1 Å². The molecule has 0 N–H and O–H groups in total. The molecule has 0 aromatic heterocycles. The van der Waals surface area contributed by atoms with Crippen LogP contribution in [0, 0.1) is 22.7 Å². The molecule has 22 heavy (non-hydrogen) atoms. The summed E-state index contributed by atoms with van der Waals surface area (Å²) in [6.45, 7) is 0. The Morgan fingerprint density at radius 3 is 1.91 bits per heavy atom. The zero-order valence-electron chi connectivity index (χ0n) is 11.5. The number of benzene rings is 2. The maximum Gasteiger partial charge on any atom is 0.194 e. The molecule has 1 heterocycles. The van der Waals surface area contributed by atoms with Gasteiger partial charge in [-0.1, -0.05) is 60.7 Å². The van der Waals surface area contributed by atoms with E-state index in [1.165, 1.54) is 11.8 Å². The van der Waals surface area contributed by atoms with Crippen LogP contribution in [0.15, 0.2) is 71.3 Å². The lowest BCUT2D eigenvalue weighted by atomic mass is 10.1. The summed E-state index contributed by atoms with van der Waals surface area (Å²) >= 11 is 1.32. The molecule has 0 bridgehead atoms. The first-order valence-corrected chi connectivity index (χ1v) is 7.40. The Morgan fingerprint density at radius 1 is 0.818 bits per heavy atom. The first kappa shape index (κ1) is 14.0. The van der Waals surface area contributed by atoms with Gasteiger partial charge in [0, 0.05) is 5.56 Å². The topological polar surface area (TPSA) is 56.8 Å². The van der Waals surface area contributed by atoms with E-state index in [1.54, 1.807) is 0 Å². The van der Waals surface area contributed by atoms with Gasteiger partial charge < -0.3 is 4.74 Å². The largest absolute Gasteiger partial charge is 0.446 e. The average molecular weight is 302 g/mol. The number of allylic oxidation sites excluding steroid dienone is 1. The van der Waals surface area contributed by atoms with Gasteiger partial charge in [0.15, 0.2) is 10.7 Å². The van der Waals surface area contributed by atoms with Gasteiger partial charge in [0.25, 0.3) is 0 Å². The molecule has 1 aliphatic rings. The molecule has 104 valence electrons. The zero-order chi connectivity index (χ0) is 15.4. The molecule has 0 fully saturated rings. The molecule has 0 saturated carbocycles. The molecular formula is C18H10N2OS. The van der Waals surface area contributed by atoms with Crippen LogP contribution >= 0.6 is 11.8 Å². The third-order valence-electron chi connectivity index (χ3n) is 3.10. The predicted molar refractivity (Wildman–Crippen MR) is 86.6 cm³/mol. The van der Waals surface area contributed by atoms with E-state index in [2.05, 4.69) is 0 Å². The van der Waals surface area contributed by atoms with Crippen LogP contribution in [-0.4, -0.2) is 0 Å². The molecule has 0 radical (unpaired) electrons. The number of rotatable bonds is 2. The minimum atomic E-state index is -0.00985. The number of thioether (sulfide) groups is 1. The fourth-order valence-corrected chi connectivity index (χ4v) is 3.09. The van der Waals surface area contributed by atoms with E-state index < -0.39 is 0 Å². The highest BCUT2D eigenvalue weighted by molar-refractivity contribution is 8.12. The summed E-state index contributed by atoms with van der Waals surface area (Å²) in [4.78, 5) is 0.907. The fourth-order valence-electron chi connectivity index (χ4n) is 2.08. The van der Waals surface area contributed by atoms with E-state index in [4.69, 9.17) is 15.3 Å². The zero-order valence-corrected chi connectivity index (χ0v) is 12.3. The molecule has 0 unspecified atom stereocenters. The lowest BCUT2D eigenvalue weighted by Crippen LogP contribution is -1.88. The third kappa shape index (κ3) is 2.61. The SMILES string of the molecule is N#CC(C#N)=C1OC(c2ccccc2)=C(c2ccccc2)S1. The summed E-state index contributed by atoms with van der Waals surface area (Å²) in [5, 5.41) is 18.5. The number of hydrogen-bond acceptors (Lipinski definition) is 4. The first-order valence-electron chi connectivity index (χ1n) is 6.59. The summed E-state index contributed by atoms with van der Waals surface area (Å²) < 4.78 is 5.84. The number of ether oxygens (including phenoxy) is 1. The minimum absolute atomic E-state index is 0.00985. The van der Waals surface area contributed by atoms with E-state index >= 15 is 0 Å². The maximum absolute atomic E-state index is 9.06. The van der Waals surface area contributed by atoms with Crippen molar-refractivity contribution in [3.05, 3.63) is 82.5 Å². The predicted octanol–water partition coefficient (Wildman–Crippen LogP) is 4.53. The molecule has 3 rings (SSSR count). The maximum atomic E-state index is 9.06. The second kappa shape index (κ2) is 6.22. The van der Waals surface area contributed by atoms with Crippen molar-refractivity contribution in [1.82, 2.24) is 0 Å². The van der Waals surface area contributed by atoms with E-state index in [-0.39, 0.29) is 5.57 Å². The van der Waals surface area contributed by atoms with Crippen LogP contribution in [0.25, 0.3) is 10.7 Å². The van der Waals surface area contributed by atoms with Gasteiger partial charge in [0.2, 0.25) is 0 Å². The highest BCUT2D eigenvalue weighted by Gasteiger charge is 2.27. The number of hydrogen-bond donors (Lipinski definition) is 0. The average Bonchev–Trinajstić information content (AvgIpc) is 3.03. The fraction of sp³-hybridized carbons (Fsp3) is 0. The molecule has 0 aliphatic carbocycles. The monoisotopic (exact) mass is 302 g/mol. The van der Waals surface area contributed by atoms with Gasteiger partial charge >= 0.3 is 0 Å². The number of nitriles is 2. The smallest absolute Gasteiger partial charge is 0.194 e. The van der Waals surface area contributed by atoms with Crippen LogP contribution < -0.4 is 0 Å². The standard InChI is InChI=1S/C18H10N2OS/c19-11-15(12-20)18-21-16(13-7-3-1-4-8-13)17(22-18)14-9-5-2-6-10-14/h1-10H. The van der Waals surface area contributed by atoms with E-state index in [1.807, 2.05) is 72.8 Å². The summed E-state index contributed by atoms with van der Waals surface area (Å²) in [6, 6.07) is 23.2. The Morgan fingerprint density at radius 2 is 1.36 bits per heavy atom. The molecule has 0 spiro atoms. The van der Waals surface area contributed by atoms with Crippen LogP contribution in [0.2, 0.25) is 0 Å². The summed E-state index contributed by atoms with van der Waals surface area (Å²) in [6.07, 6.45) is 0. The lowest BCUT2D eigenvalue weighted by molar-refractivity contribution is 0.427. The van der Waals surface area contributed by atoms with Crippen molar-refractivity contribution >= 4 is 22.4 Å². The summed E-state index contributed by atoms with van der Waals surface area (Å²) in [7, 11) is 0. The highest BCUT2D eigenvalue weighted by atomic mass is 32.2. The Hall–Kier alpha value is -2.95. The highest BCUT2D eigenvalue weighted by Crippen LogP contribution is 2.49. The Labute approximate surface area is 132 Å². The second-order valence-corrected chi connectivity index (χ2v) is 5.46. The van der Waals surface area contributed by atoms with Crippen LogP contribution in [0.5, 0.6) is 0 Å². The van der Waals surface area contributed by atoms with Gasteiger partial charge in [-0.05, 0) is 17.3 Å². The van der Waals surface area contributed by atoms with Crippen molar-refractivity contribution in [2.75, 3.05) is 0 Å². The second-order valence-electron chi connectivity index (χ2n) is 4.48. The molecule has 2 aromatic rings. The van der Waals surface area contributed by atoms with Gasteiger partial charge in [0.1, 0.15) is 17.9 Å².